The monoisotopic (exact) mass is 326 g/mol. The Bertz CT molecular complexity index is 594. The number of benzene rings is 2. The van der Waals surface area contributed by atoms with Crippen LogP contribution < -0.4 is 4.74 Å². The van der Waals surface area contributed by atoms with E-state index in [9.17, 15) is 13.6 Å². The Morgan fingerprint density at radius 3 is 2.58 bits per heavy atom. The van der Waals surface area contributed by atoms with Gasteiger partial charge in [-0.2, -0.15) is 0 Å². The summed E-state index contributed by atoms with van der Waals surface area (Å²) in [6.07, 6.45) is 0.552. The third-order valence-corrected chi connectivity index (χ3v) is 2.87. The molecule has 2 nitrogen and oxygen atoms in total. The van der Waals surface area contributed by atoms with Crippen molar-refractivity contribution in [2.75, 3.05) is 0 Å². The van der Waals surface area contributed by atoms with Crippen LogP contribution in [0.4, 0.5) is 8.78 Å². The minimum Gasteiger partial charge on any atom is -0.486 e. The molecule has 2 aromatic carbocycles. The molecule has 0 spiro atoms. The summed E-state index contributed by atoms with van der Waals surface area (Å²) in [5.74, 6) is -1.00. The highest BCUT2D eigenvalue weighted by atomic mass is 79.9. The highest BCUT2D eigenvalue weighted by Gasteiger charge is 2.06. The fourth-order valence-electron chi connectivity index (χ4n) is 1.56. The first-order valence-corrected chi connectivity index (χ1v) is 6.20. The average molecular weight is 327 g/mol. The Balaban J connectivity index is 2.12. The molecule has 0 aromatic heterocycles. The van der Waals surface area contributed by atoms with Crippen molar-refractivity contribution in [1.82, 2.24) is 0 Å². The number of halogens is 3. The largest absolute Gasteiger partial charge is 0.486 e. The Kier molecular flexibility index (Phi) is 4.27. The first-order valence-electron chi connectivity index (χ1n) is 5.41. The molecule has 2 rings (SSSR count). The van der Waals surface area contributed by atoms with Crippen LogP contribution in [0.3, 0.4) is 0 Å². The second-order valence-electron chi connectivity index (χ2n) is 3.87. The third kappa shape index (κ3) is 3.61. The van der Waals surface area contributed by atoms with Gasteiger partial charge in [-0.25, -0.2) is 8.78 Å². The zero-order valence-corrected chi connectivity index (χ0v) is 11.3. The minimum absolute atomic E-state index is 0.0194. The number of carbonyl (C=O) groups excluding carboxylic acids is 1. The first-order chi connectivity index (χ1) is 9.08. The van der Waals surface area contributed by atoms with Crippen LogP contribution in [0.1, 0.15) is 15.9 Å². The smallest absolute Gasteiger partial charge is 0.165 e. The zero-order chi connectivity index (χ0) is 13.8. The van der Waals surface area contributed by atoms with E-state index in [1.807, 2.05) is 0 Å². The maximum absolute atomic E-state index is 13.5. The van der Waals surface area contributed by atoms with Gasteiger partial charge in [-0.15, -0.1) is 0 Å². The van der Waals surface area contributed by atoms with Gasteiger partial charge in [-0.1, -0.05) is 15.9 Å². The molecule has 98 valence electrons. The van der Waals surface area contributed by atoms with Crippen LogP contribution in [-0.4, -0.2) is 6.29 Å². The summed E-state index contributed by atoms with van der Waals surface area (Å²) in [5, 5.41) is 0. The third-order valence-electron chi connectivity index (χ3n) is 2.41. The Morgan fingerprint density at radius 1 is 1.16 bits per heavy atom. The topological polar surface area (TPSA) is 26.3 Å². The van der Waals surface area contributed by atoms with Gasteiger partial charge in [0.25, 0.3) is 0 Å². The van der Waals surface area contributed by atoms with Gasteiger partial charge >= 0.3 is 0 Å². The second kappa shape index (κ2) is 5.93. The molecular formula is C14H9BrF2O2. The average Bonchev–Trinajstić information content (AvgIpc) is 2.36. The molecule has 0 aliphatic heterocycles. The summed E-state index contributed by atoms with van der Waals surface area (Å²) in [4.78, 5) is 10.5. The van der Waals surface area contributed by atoms with Crippen LogP contribution in [0.5, 0.6) is 5.75 Å². The van der Waals surface area contributed by atoms with Crippen LogP contribution in [0, 0.1) is 11.6 Å². The van der Waals surface area contributed by atoms with Crippen molar-refractivity contribution in [2.24, 2.45) is 0 Å². The summed E-state index contributed by atoms with van der Waals surface area (Å²) < 4.78 is 32.5. The lowest BCUT2D eigenvalue weighted by molar-refractivity contribution is 0.112. The van der Waals surface area contributed by atoms with Gasteiger partial charge in [-0.3, -0.25) is 4.79 Å². The molecule has 0 aliphatic carbocycles. The molecule has 0 saturated heterocycles. The Morgan fingerprint density at radius 2 is 1.95 bits per heavy atom. The van der Waals surface area contributed by atoms with Gasteiger partial charge in [-0.05, 0) is 42.0 Å². The molecule has 0 heterocycles. The summed E-state index contributed by atoms with van der Waals surface area (Å²) in [6, 6.07) is 8.22. The minimum atomic E-state index is -0.625. The van der Waals surface area contributed by atoms with E-state index in [-0.39, 0.29) is 17.9 Å². The Labute approximate surface area is 117 Å². The van der Waals surface area contributed by atoms with E-state index in [1.54, 1.807) is 6.07 Å². The fourth-order valence-corrected chi connectivity index (χ4v) is 2.08. The molecule has 0 bridgehead atoms. The van der Waals surface area contributed by atoms with E-state index < -0.39 is 11.6 Å². The van der Waals surface area contributed by atoms with Gasteiger partial charge in [0.15, 0.2) is 11.6 Å². The zero-order valence-electron chi connectivity index (χ0n) is 9.70. The SMILES string of the molecule is O=Cc1ccc(OCc2cc(F)cc(Br)c2)c(F)c1. The lowest BCUT2D eigenvalue weighted by Gasteiger charge is -2.08. The number of aldehydes is 1. The van der Waals surface area contributed by atoms with Gasteiger partial charge in [0.1, 0.15) is 18.7 Å². The molecule has 0 saturated carbocycles. The van der Waals surface area contributed by atoms with Crippen LogP contribution in [0.2, 0.25) is 0 Å². The van der Waals surface area contributed by atoms with Crippen molar-refractivity contribution in [2.45, 2.75) is 6.61 Å². The van der Waals surface area contributed by atoms with E-state index in [0.29, 0.717) is 16.3 Å². The van der Waals surface area contributed by atoms with E-state index in [0.717, 1.165) is 6.07 Å². The van der Waals surface area contributed by atoms with Crippen molar-refractivity contribution in [3.05, 3.63) is 63.6 Å². The van der Waals surface area contributed by atoms with Crippen LogP contribution in [-0.2, 0) is 6.61 Å². The van der Waals surface area contributed by atoms with Gasteiger partial charge < -0.3 is 4.74 Å². The van der Waals surface area contributed by atoms with Gasteiger partial charge in [0, 0.05) is 10.0 Å². The lowest BCUT2D eigenvalue weighted by atomic mass is 10.2. The van der Waals surface area contributed by atoms with Crippen molar-refractivity contribution in [3.8, 4) is 5.75 Å². The van der Waals surface area contributed by atoms with Gasteiger partial charge in [0.2, 0.25) is 0 Å². The molecule has 5 heteroatoms. The predicted molar refractivity (Wildman–Crippen MR) is 70.2 cm³/mol. The number of rotatable bonds is 4. The summed E-state index contributed by atoms with van der Waals surface area (Å²) >= 11 is 3.16. The predicted octanol–water partition coefficient (Wildman–Crippen LogP) is 4.12. The maximum atomic E-state index is 13.5. The lowest BCUT2D eigenvalue weighted by Crippen LogP contribution is -1.98. The second-order valence-corrected chi connectivity index (χ2v) is 4.79. The first kappa shape index (κ1) is 13.7. The molecule has 0 fully saturated rings. The van der Waals surface area contributed by atoms with Crippen LogP contribution in [0.15, 0.2) is 40.9 Å². The quantitative estimate of drug-likeness (QED) is 0.790. The maximum Gasteiger partial charge on any atom is 0.165 e. The summed E-state index contributed by atoms with van der Waals surface area (Å²) in [5.41, 5.74) is 0.809. The van der Waals surface area contributed by atoms with Crippen LogP contribution in [0.25, 0.3) is 0 Å². The molecule has 0 aliphatic rings. The fraction of sp³-hybridized carbons (Fsp3) is 0.0714. The molecule has 19 heavy (non-hydrogen) atoms. The standard InChI is InChI=1S/C14H9BrF2O2/c15-11-3-10(4-12(16)6-11)8-19-14-2-1-9(7-18)5-13(14)17/h1-7H,8H2. The number of hydrogen-bond acceptors (Lipinski definition) is 2. The molecule has 2 aromatic rings. The normalized spacial score (nSPS) is 10.3. The van der Waals surface area contributed by atoms with E-state index in [2.05, 4.69) is 15.9 Å². The molecule has 0 amide bonds. The summed E-state index contributed by atoms with van der Waals surface area (Å²) in [7, 11) is 0. The highest BCUT2D eigenvalue weighted by Crippen LogP contribution is 2.20. The van der Waals surface area contributed by atoms with E-state index in [1.165, 1.54) is 24.3 Å². The number of ether oxygens (including phenoxy) is 1. The van der Waals surface area contributed by atoms with E-state index in [4.69, 9.17) is 4.74 Å². The van der Waals surface area contributed by atoms with E-state index >= 15 is 0 Å². The molecule has 0 atom stereocenters. The van der Waals surface area contributed by atoms with Crippen molar-refractivity contribution < 1.29 is 18.3 Å². The number of carbonyl (C=O) groups is 1. The highest BCUT2D eigenvalue weighted by molar-refractivity contribution is 9.10. The Hall–Kier alpha value is -1.75. The van der Waals surface area contributed by atoms with Crippen LogP contribution >= 0.6 is 15.9 Å². The van der Waals surface area contributed by atoms with Crippen molar-refractivity contribution in [1.29, 1.82) is 0 Å². The van der Waals surface area contributed by atoms with Crippen molar-refractivity contribution >= 4 is 22.2 Å². The number of hydrogen-bond donors (Lipinski definition) is 0. The molecule has 0 N–H and O–H groups in total. The molecule has 0 radical (unpaired) electrons. The van der Waals surface area contributed by atoms with Gasteiger partial charge in [0.05, 0.1) is 0 Å². The molecule has 0 unspecified atom stereocenters. The summed E-state index contributed by atoms with van der Waals surface area (Å²) in [6.45, 7) is 0.0354. The molecular weight excluding hydrogens is 318 g/mol. The van der Waals surface area contributed by atoms with Crippen molar-refractivity contribution in [3.63, 3.8) is 0 Å².